The minimum Gasteiger partial charge on any atom is -0.380 e. The Morgan fingerprint density at radius 1 is 1.24 bits per heavy atom. The molecule has 0 saturated heterocycles. The maximum absolute atomic E-state index is 5.78. The summed E-state index contributed by atoms with van der Waals surface area (Å²) in [7, 11) is 2.26. The van der Waals surface area contributed by atoms with Crippen molar-refractivity contribution in [1.82, 2.24) is 10.2 Å². The molecule has 0 heterocycles. The predicted molar refractivity (Wildman–Crippen MR) is 89.6 cm³/mol. The first-order valence-electron chi connectivity index (χ1n) is 9.00. The van der Waals surface area contributed by atoms with Gasteiger partial charge in [-0.05, 0) is 62.9 Å². The van der Waals surface area contributed by atoms with E-state index in [1.54, 1.807) is 0 Å². The van der Waals surface area contributed by atoms with E-state index >= 15 is 0 Å². The summed E-state index contributed by atoms with van der Waals surface area (Å²) in [5.41, 5.74) is 0.514. The molecule has 3 nitrogen and oxygen atoms in total. The molecule has 0 aliphatic heterocycles. The van der Waals surface area contributed by atoms with Crippen molar-refractivity contribution in [2.24, 2.45) is 17.3 Å². The zero-order valence-electron chi connectivity index (χ0n) is 14.7. The third kappa shape index (κ3) is 6.25. The second-order valence-corrected chi connectivity index (χ2v) is 8.11. The lowest BCUT2D eigenvalue weighted by atomic mass is 9.69. The van der Waals surface area contributed by atoms with Gasteiger partial charge in [-0.1, -0.05) is 20.8 Å². The van der Waals surface area contributed by atoms with Crippen LogP contribution in [0.4, 0.5) is 0 Å². The van der Waals surface area contributed by atoms with Crippen LogP contribution in [0.15, 0.2) is 0 Å². The Morgan fingerprint density at radius 2 is 2.00 bits per heavy atom. The summed E-state index contributed by atoms with van der Waals surface area (Å²) >= 11 is 0. The topological polar surface area (TPSA) is 24.5 Å². The van der Waals surface area contributed by atoms with E-state index in [0.29, 0.717) is 11.5 Å². The molecule has 2 fully saturated rings. The fourth-order valence-electron chi connectivity index (χ4n) is 3.71. The van der Waals surface area contributed by atoms with Crippen LogP contribution in [0.25, 0.3) is 0 Å². The van der Waals surface area contributed by atoms with Crippen LogP contribution in [-0.4, -0.2) is 50.8 Å². The molecule has 0 amide bonds. The standard InChI is InChI=1S/C18H36N2O/c1-5-19-17-8-9-18(2,3)12-16(17)13-20(4)10-11-21-14-15-6-7-15/h15-17,19H,5-14H2,1-4H3. The lowest BCUT2D eigenvalue weighted by Crippen LogP contribution is -2.47. The zero-order valence-corrected chi connectivity index (χ0v) is 14.7. The van der Waals surface area contributed by atoms with Gasteiger partial charge in [0.1, 0.15) is 0 Å². The van der Waals surface area contributed by atoms with Gasteiger partial charge in [0.15, 0.2) is 0 Å². The quantitative estimate of drug-likeness (QED) is 0.662. The zero-order chi connectivity index (χ0) is 15.3. The first-order chi connectivity index (χ1) is 10.00. The highest BCUT2D eigenvalue weighted by Crippen LogP contribution is 2.39. The van der Waals surface area contributed by atoms with Crippen molar-refractivity contribution in [3.8, 4) is 0 Å². The van der Waals surface area contributed by atoms with E-state index in [-0.39, 0.29) is 0 Å². The number of ether oxygens (including phenoxy) is 1. The predicted octanol–water partition coefficient (Wildman–Crippen LogP) is 3.15. The molecule has 0 spiro atoms. The molecule has 2 aliphatic carbocycles. The second-order valence-electron chi connectivity index (χ2n) is 8.11. The maximum atomic E-state index is 5.78. The van der Waals surface area contributed by atoms with Crippen LogP contribution in [0.5, 0.6) is 0 Å². The number of rotatable bonds is 9. The van der Waals surface area contributed by atoms with Crippen LogP contribution in [0.2, 0.25) is 0 Å². The third-order valence-corrected chi connectivity index (χ3v) is 5.20. The Labute approximate surface area is 131 Å². The first-order valence-corrected chi connectivity index (χ1v) is 9.00. The Kier molecular flexibility index (Phi) is 6.51. The number of likely N-dealkylation sites (N-methyl/N-ethyl adjacent to an activating group) is 1. The van der Waals surface area contributed by atoms with Crippen LogP contribution >= 0.6 is 0 Å². The molecule has 2 saturated carbocycles. The monoisotopic (exact) mass is 296 g/mol. The summed E-state index contributed by atoms with van der Waals surface area (Å²) in [6.07, 6.45) is 6.81. The average Bonchev–Trinajstić information content (AvgIpc) is 3.22. The third-order valence-electron chi connectivity index (χ3n) is 5.20. The molecular weight excluding hydrogens is 260 g/mol. The van der Waals surface area contributed by atoms with Crippen molar-refractivity contribution >= 4 is 0 Å². The fourth-order valence-corrected chi connectivity index (χ4v) is 3.71. The van der Waals surface area contributed by atoms with E-state index in [0.717, 1.165) is 38.1 Å². The van der Waals surface area contributed by atoms with E-state index in [1.165, 1.54) is 38.6 Å². The lowest BCUT2D eigenvalue weighted by Gasteiger charge is -2.42. The summed E-state index contributed by atoms with van der Waals surface area (Å²) in [5, 5.41) is 3.71. The van der Waals surface area contributed by atoms with E-state index in [4.69, 9.17) is 4.74 Å². The molecule has 2 unspecified atom stereocenters. The van der Waals surface area contributed by atoms with Gasteiger partial charge < -0.3 is 15.0 Å². The molecule has 0 aromatic carbocycles. The number of nitrogens with one attached hydrogen (secondary N) is 1. The largest absolute Gasteiger partial charge is 0.380 e. The van der Waals surface area contributed by atoms with Crippen LogP contribution in [0.1, 0.15) is 52.9 Å². The first kappa shape index (κ1) is 17.2. The van der Waals surface area contributed by atoms with E-state index in [1.807, 2.05) is 0 Å². The van der Waals surface area contributed by atoms with Crippen molar-refractivity contribution in [1.29, 1.82) is 0 Å². The molecule has 3 heteroatoms. The highest BCUT2D eigenvalue weighted by atomic mass is 16.5. The Bertz CT molecular complexity index is 302. The van der Waals surface area contributed by atoms with Gasteiger partial charge in [0, 0.05) is 25.7 Å². The van der Waals surface area contributed by atoms with Gasteiger partial charge in [0.2, 0.25) is 0 Å². The highest BCUT2D eigenvalue weighted by Gasteiger charge is 2.34. The van der Waals surface area contributed by atoms with Crippen molar-refractivity contribution in [3.05, 3.63) is 0 Å². The molecule has 0 bridgehead atoms. The number of hydrogen-bond acceptors (Lipinski definition) is 3. The number of nitrogens with zero attached hydrogens (tertiary/aromatic N) is 1. The van der Waals surface area contributed by atoms with Crippen molar-refractivity contribution in [3.63, 3.8) is 0 Å². The Morgan fingerprint density at radius 3 is 2.67 bits per heavy atom. The maximum Gasteiger partial charge on any atom is 0.0593 e. The Hall–Kier alpha value is -0.120. The summed E-state index contributed by atoms with van der Waals surface area (Å²) in [5.74, 6) is 1.66. The van der Waals surface area contributed by atoms with Crippen molar-refractivity contribution < 1.29 is 4.74 Å². The molecule has 2 aliphatic rings. The van der Waals surface area contributed by atoms with Crippen LogP contribution in [-0.2, 0) is 4.74 Å². The molecule has 0 aromatic rings. The summed E-state index contributed by atoms with van der Waals surface area (Å²) < 4.78 is 5.78. The second kappa shape index (κ2) is 7.94. The van der Waals surface area contributed by atoms with Gasteiger partial charge in [0.25, 0.3) is 0 Å². The van der Waals surface area contributed by atoms with Gasteiger partial charge in [0.05, 0.1) is 6.61 Å². The van der Waals surface area contributed by atoms with E-state index in [9.17, 15) is 0 Å². The van der Waals surface area contributed by atoms with Gasteiger partial charge in [-0.15, -0.1) is 0 Å². The summed E-state index contributed by atoms with van der Waals surface area (Å²) in [4.78, 5) is 2.48. The molecule has 0 aromatic heterocycles. The fraction of sp³-hybridized carbons (Fsp3) is 1.00. The average molecular weight is 296 g/mol. The minimum atomic E-state index is 0.514. The Balaban J connectivity index is 1.70. The SMILES string of the molecule is CCNC1CCC(C)(C)CC1CN(C)CCOCC1CC1. The number of hydrogen-bond donors (Lipinski definition) is 1. The molecule has 2 rings (SSSR count). The molecule has 21 heavy (non-hydrogen) atoms. The van der Waals surface area contributed by atoms with Crippen molar-refractivity contribution in [2.75, 3.05) is 39.9 Å². The van der Waals surface area contributed by atoms with Gasteiger partial charge in [-0.2, -0.15) is 0 Å². The van der Waals surface area contributed by atoms with Crippen LogP contribution in [0.3, 0.4) is 0 Å². The molecule has 124 valence electrons. The van der Waals surface area contributed by atoms with Gasteiger partial charge in [-0.3, -0.25) is 0 Å². The molecule has 0 radical (unpaired) electrons. The highest BCUT2D eigenvalue weighted by molar-refractivity contribution is 4.89. The van der Waals surface area contributed by atoms with E-state index < -0.39 is 0 Å². The smallest absolute Gasteiger partial charge is 0.0593 e. The molecular formula is C18H36N2O. The van der Waals surface area contributed by atoms with E-state index in [2.05, 4.69) is 38.0 Å². The van der Waals surface area contributed by atoms with Gasteiger partial charge >= 0.3 is 0 Å². The lowest BCUT2D eigenvalue weighted by molar-refractivity contribution is 0.0773. The summed E-state index contributed by atoms with van der Waals surface area (Å²) in [6, 6.07) is 0.706. The van der Waals surface area contributed by atoms with Gasteiger partial charge in [-0.25, -0.2) is 0 Å². The van der Waals surface area contributed by atoms with Crippen LogP contribution in [0, 0.1) is 17.3 Å². The summed E-state index contributed by atoms with van der Waals surface area (Å²) in [6.45, 7) is 12.3. The minimum absolute atomic E-state index is 0.514. The molecule has 2 atom stereocenters. The molecule has 1 N–H and O–H groups in total. The normalized spacial score (nSPS) is 29.0. The van der Waals surface area contributed by atoms with Crippen molar-refractivity contribution in [2.45, 2.75) is 58.9 Å². The van der Waals surface area contributed by atoms with Crippen LogP contribution < -0.4 is 5.32 Å².